The van der Waals surface area contributed by atoms with Gasteiger partial charge in [-0.05, 0) is 157 Å². The molecule has 15 rings (SSSR count). The van der Waals surface area contributed by atoms with Gasteiger partial charge in [0.05, 0.1) is 11.0 Å². The molecule has 1 aliphatic rings. The van der Waals surface area contributed by atoms with E-state index in [1.807, 2.05) is 0 Å². The number of hydrogen-bond acceptors (Lipinski definition) is 2. The van der Waals surface area contributed by atoms with Crippen LogP contribution in [0.1, 0.15) is 25.0 Å². The predicted octanol–water partition coefficient (Wildman–Crippen LogP) is 20.8. The summed E-state index contributed by atoms with van der Waals surface area (Å²) in [5, 5.41) is 4.63. The number of hydrogen-bond donors (Lipinski definition) is 0. The van der Waals surface area contributed by atoms with Gasteiger partial charge >= 0.3 is 0 Å². The van der Waals surface area contributed by atoms with Crippen LogP contribution in [0.5, 0.6) is 0 Å². The Kier molecular flexibility index (Phi) is 10.6. The van der Waals surface area contributed by atoms with Crippen molar-refractivity contribution in [1.29, 1.82) is 0 Å². The number of aromatic nitrogens is 1. The van der Waals surface area contributed by atoms with Crippen molar-refractivity contribution in [1.82, 2.24) is 4.57 Å². The van der Waals surface area contributed by atoms with Crippen LogP contribution in [-0.2, 0) is 5.41 Å². The Morgan fingerprint density at radius 1 is 0.308 bits per heavy atom. The fraction of sp³-hybridized carbons (Fsp3) is 0.0400. The highest BCUT2D eigenvalue weighted by atomic mass is 16.3. The largest absolute Gasteiger partial charge is 0.455 e. The van der Waals surface area contributed by atoms with Gasteiger partial charge in [-0.15, -0.1) is 0 Å². The zero-order valence-electron chi connectivity index (χ0n) is 43.4. The maximum atomic E-state index is 6.84. The first-order valence-electron chi connectivity index (χ1n) is 27.0. The molecule has 1 aliphatic carbocycles. The first kappa shape index (κ1) is 45.4. The molecule has 0 atom stereocenters. The fourth-order valence-corrected chi connectivity index (χ4v) is 12.4. The summed E-state index contributed by atoms with van der Waals surface area (Å²) in [5.41, 5.74) is 25.4. The van der Waals surface area contributed by atoms with Crippen molar-refractivity contribution in [2.24, 2.45) is 0 Å². The van der Waals surface area contributed by atoms with Gasteiger partial charge in [0.1, 0.15) is 11.2 Å². The van der Waals surface area contributed by atoms with Crippen LogP contribution in [0.4, 0.5) is 17.1 Å². The van der Waals surface area contributed by atoms with Gasteiger partial charge in [-0.3, -0.25) is 0 Å². The molecule has 0 spiro atoms. The second-order valence-corrected chi connectivity index (χ2v) is 21.3. The van der Waals surface area contributed by atoms with Crippen LogP contribution in [0, 0.1) is 0 Å². The lowest BCUT2D eigenvalue weighted by atomic mass is 9.82. The summed E-state index contributed by atoms with van der Waals surface area (Å²) in [6.07, 6.45) is 0. The monoisotopic (exact) mass is 996 g/mol. The van der Waals surface area contributed by atoms with Crippen molar-refractivity contribution in [2.75, 3.05) is 4.90 Å². The number of benzene rings is 12. The lowest BCUT2D eigenvalue weighted by Crippen LogP contribution is -2.16. The average Bonchev–Trinajstić information content (AvgIpc) is 4.27. The average molecular weight is 997 g/mol. The Bertz CT molecular complexity index is 4590. The van der Waals surface area contributed by atoms with E-state index in [0.717, 1.165) is 66.9 Å². The summed E-state index contributed by atoms with van der Waals surface area (Å²) < 4.78 is 9.25. The van der Waals surface area contributed by atoms with Gasteiger partial charge in [0, 0.05) is 55.3 Å². The van der Waals surface area contributed by atoms with Crippen molar-refractivity contribution in [2.45, 2.75) is 19.3 Å². The van der Waals surface area contributed by atoms with Gasteiger partial charge in [-0.2, -0.15) is 0 Å². The Morgan fingerprint density at radius 3 is 1.37 bits per heavy atom. The Morgan fingerprint density at radius 2 is 0.756 bits per heavy atom. The first-order chi connectivity index (χ1) is 38.4. The molecule has 0 amide bonds. The molecule has 0 unspecified atom stereocenters. The van der Waals surface area contributed by atoms with Crippen molar-refractivity contribution >= 4 is 60.8 Å². The molecule has 2 heterocycles. The Hall–Kier alpha value is -9.96. The lowest BCUT2D eigenvalue weighted by molar-refractivity contribution is 0.660. The number of anilines is 3. The number of rotatable bonds is 9. The maximum Gasteiger partial charge on any atom is 0.143 e. The first-order valence-corrected chi connectivity index (χ1v) is 27.0. The maximum absolute atomic E-state index is 6.84. The molecule has 368 valence electrons. The quantitative estimate of drug-likeness (QED) is 0.144. The van der Waals surface area contributed by atoms with E-state index in [9.17, 15) is 0 Å². The molecule has 0 N–H and O–H groups in total. The van der Waals surface area contributed by atoms with Crippen LogP contribution in [0.3, 0.4) is 0 Å². The smallest absolute Gasteiger partial charge is 0.143 e. The number of furan rings is 1. The van der Waals surface area contributed by atoms with Crippen molar-refractivity contribution in [3.8, 4) is 72.4 Å². The molecular weight excluding hydrogens is 945 g/mol. The summed E-state index contributed by atoms with van der Waals surface area (Å²) in [4.78, 5) is 2.39. The second-order valence-electron chi connectivity index (χ2n) is 21.3. The molecule has 0 bridgehead atoms. The normalized spacial score (nSPS) is 12.6. The molecule has 12 aromatic carbocycles. The van der Waals surface area contributed by atoms with E-state index < -0.39 is 0 Å². The third-order valence-electron chi connectivity index (χ3n) is 16.4. The van der Waals surface area contributed by atoms with Gasteiger partial charge in [0.25, 0.3) is 0 Å². The van der Waals surface area contributed by atoms with Crippen LogP contribution in [-0.4, -0.2) is 4.57 Å². The zero-order chi connectivity index (χ0) is 51.9. The molecule has 2 aromatic heterocycles. The van der Waals surface area contributed by atoms with E-state index in [2.05, 4.69) is 302 Å². The fourth-order valence-electron chi connectivity index (χ4n) is 12.4. The summed E-state index contributed by atoms with van der Waals surface area (Å²) >= 11 is 0. The summed E-state index contributed by atoms with van der Waals surface area (Å²) in [7, 11) is 0. The lowest BCUT2D eigenvalue weighted by Gasteiger charge is -2.28. The number of fused-ring (bicyclic) bond motifs is 9. The van der Waals surface area contributed by atoms with E-state index >= 15 is 0 Å². The molecule has 0 saturated heterocycles. The molecule has 78 heavy (non-hydrogen) atoms. The van der Waals surface area contributed by atoms with E-state index in [1.54, 1.807) is 0 Å². The molecule has 0 saturated carbocycles. The summed E-state index contributed by atoms with van der Waals surface area (Å²) in [6, 6.07) is 102. The predicted molar refractivity (Wildman–Crippen MR) is 327 cm³/mol. The van der Waals surface area contributed by atoms with Gasteiger partial charge in [0.15, 0.2) is 0 Å². The number of para-hydroxylation sites is 1. The summed E-state index contributed by atoms with van der Waals surface area (Å²) in [5.74, 6) is 0. The van der Waals surface area contributed by atoms with Gasteiger partial charge in [0.2, 0.25) is 0 Å². The van der Waals surface area contributed by atoms with Crippen molar-refractivity contribution < 1.29 is 4.42 Å². The molecule has 3 heteroatoms. The standard InChI is InChI=1S/C75H52N2O/c1-75(2)69-24-13-12-21-63(69)64-41-40-61(48-70(64)75)76(58-34-25-52(26-35-58)49-15-6-3-7-16-49)59-38-29-54(30-39-59)62-22-14-23-65-68-47-57(33-44-73(68)78-74(62)65)56-32-43-72-67(46-56)66-45-55(51-19-10-5-11-20-51)31-42-71(66)77(72)60-36-27-53(28-37-60)50-17-8-4-9-18-50/h3-48H,1-2H3. The minimum atomic E-state index is -0.125. The highest BCUT2D eigenvalue weighted by Crippen LogP contribution is 2.51. The molecule has 0 aliphatic heterocycles. The third-order valence-corrected chi connectivity index (χ3v) is 16.4. The van der Waals surface area contributed by atoms with Gasteiger partial charge in [-0.1, -0.05) is 208 Å². The molecule has 0 fully saturated rings. The van der Waals surface area contributed by atoms with E-state index in [1.165, 1.54) is 77.4 Å². The SMILES string of the molecule is CC1(C)c2ccccc2-c2ccc(N(c3ccc(-c4ccccc4)cc3)c3ccc(-c4cccc5c4oc4ccc(-c6ccc7c(c6)c6cc(-c8ccccc8)ccc6n7-c6ccc(-c7ccccc7)cc6)cc45)cc3)cc21. The minimum absolute atomic E-state index is 0.125. The molecule has 3 nitrogen and oxygen atoms in total. The van der Waals surface area contributed by atoms with E-state index in [4.69, 9.17) is 4.42 Å². The van der Waals surface area contributed by atoms with Gasteiger partial charge < -0.3 is 13.9 Å². The Labute approximate surface area is 454 Å². The minimum Gasteiger partial charge on any atom is -0.455 e. The zero-order valence-corrected chi connectivity index (χ0v) is 43.4. The highest BCUT2D eigenvalue weighted by Gasteiger charge is 2.36. The highest BCUT2D eigenvalue weighted by molar-refractivity contribution is 6.13. The second kappa shape index (κ2) is 18.1. The van der Waals surface area contributed by atoms with Crippen LogP contribution in [0.25, 0.3) is 116 Å². The van der Waals surface area contributed by atoms with Gasteiger partial charge in [-0.25, -0.2) is 0 Å². The van der Waals surface area contributed by atoms with Crippen LogP contribution >= 0.6 is 0 Å². The Balaban J connectivity index is 0.798. The summed E-state index contributed by atoms with van der Waals surface area (Å²) in [6.45, 7) is 4.70. The molecule has 0 radical (unpaired) electrons. The van der Waals surface area contributed by atoms with Crippen molar-refractivity contribution in [3.05, 3.63) is 290 Å². The molecular formula is C75H52N2O. The van der Waals surface area contributed by atoms with Crippen molar-refractivity contribution in [3.63, 3.8) is 0 Å². The van der Waals surface area contributed by atoms with E-state index in [0.29, 0.717) is 0 Å². The topological polar surface area (TPSA) is 21.3 Å². The van der Waals surface area contributed by atoms with Crippen LogP contribution in [0.2, 0.25) is 0 Å². The van der Waals surface area contributed by atoms with Crippen LogP contribution in [0.15, 0.2) is 283 Å². The third kappa shape index (κ3) is 7.50. The number of nitrogens with zero attached hydrogens (tertiary/aromatic N) is 2. The molecule has 14 aromatic rings. The van der Waals surface area contributed by atoms with E-state index in [-0.39, 0.29) is 5.41 Å². The van der Waals surface area contributed by atoms with Crippen LogP contribution < -0.4 is 4.90 Å².